The third-order valence-electron chi connectivity index (χ3n) is 8.99. The second-order valence-electron chi connectivity index (χ2n) is 13.6. The van der Waals surface area contributed by atoms with Gasteiger partial charge in [-0.25, -0.2) is 4.79 Å². The van der Waals surface area contributed by atoms with Crippen LogP contribution in [-0.2, 0) is 23.9 Å². The molecule has 2 saturated carbocycles. The highest BCUT2D eigenvalue weighted by atomic mass is 16.6. The topological polar surface area (TPSA) is 134 Å². The number of hydrogen-bond donors (Lipinski definition) is 3. The minimum absolute atomic E-state index is 0.0726. The van der Waals surface area contributed by atoms with Crippen LogP contribution in [-0.4, -0.2) is 71.3 Å². The number of ketones is 1. The van der Waals surface area contributed by atoms with Crippen LogP contribution in [0.3, 0.4) is 0 Å². The van der Waals surface area contributed by atoms with Crippen molar-refractivity contribution >= 4 is 29.6 Å². The lowest BCUT2D eigenvalue weighted by Crippen LogP contribution is -2.59. The van der Waals surface area contributed by atoms with Gasteiger partial charge in [0.05, 0.1) is 6.04 Å². The van der Waals surface area contributed by atoms with E-state index >= 15 is 0 Å². The summed E-state index contributed by atoms with van der Waals surface area (Å²) < 4.78 is 5.52. The van der Waals surface area contributed by atoms with Crippen LogP contribution in [0.25, 0.3) is 0 Å². The molecule has 3 aliphatic rings. The fraction of sp³-hybridized carbons (Fsp3) is 0.719. The van der Waals surface area contributed by atoms with E-state index in [4.69, 9.17) is 4.74 Å². The summed E-state index contributed by atoms with van der Waals surface area (Å²) in [4.78, 5) is 68.1. The molecule has 5 atom stereocenters. The van der Waals surface area contributed by atoms with Gasteiger partial charge >= 0.3 is 6.09 Å². The van der Waals surface area contributed by atoms with Crippen molar-refractivity contribution in [3.8, 4) is 0 Å². The predicted octanol–water partition coefficient (Wildman–Crippen LogP) is 3.66. The van der Waals surface area contributed by atoms with E-state index in [2.05, 4.69) is 43.0 Å². The number of piperidine rings is 1. The molecule has 1 heterocycles. The monoisotopic (exact) mass is 586 g/mol. The fourth-order valence-electron chi connectivity index (χ4n) is 6.67. The SMILES string of the molecule is C=CCC[C@H](NC(=O)[C@@H]1[C@@H]2[C@H](CN1C(=O)C(NC(=O)OC(C)(C)C)C1CCCCCC1)C2(C)C)C(=O)C(=O)NCC=C. The van der Waals surface area contributed by atoms with Gasteiger partial charge in [-0.15, -0.1) is 13.2 Å². The average molecular weight is 587 g/mol. The number of allylic oxidation sites excluding steroid dienone is 1. The Bertz CT molecular complexity index is 1060. The summed E-state index contributed by atoms with van der Waals surface area (Å²) in [7, 11) is 0. The number of amides is 4. The molecule has 2 aliphatic carbocycles. The quantitative estimate of drug-likeness (QED) is 0.182. The summed E-state index contributed by atoms with van der Waals surface area (Å²) in [6.45, 7) is 17.2. The van der Waals surface area contributed by atoms with Gasteiger partial charge in [-0.3, -0.25) is 19.2 Å². The highest BCUT2D eigenvalue weighted by Crippen LogP contribution is 2.65. The van der Waals surface area contributed by atoms with Gasteiger partial charge in [-0.1, -0.05) is 51.7 Å². The lowest BCUT2D eigenvalue weighted by atomic mass is 9.90. The van der Waals surface area contributed by atoms with Gasteiger partial charge in [0.15, 0.2) is 0 Å². The molecule has 0 aromatic rings. The number of carbonyl (C=O) groups excluding carboxylic acids is 5. The van der Waals surface area contributed by atoms with Crippen molar-refractivity contribution in [2.45, 2.75) is 110 Å². The summed E-state index contributed by atoms with van der Waals surface area (Å²) in [5.74, 6) is -2.36. The maximum Gasteiger partial charge on any atom is 0.408 e. The van der Waals surface area contributed by atoms with Gasteiger partial charge < -0.3 is 25.6 Å². The molecule has 3 fully saturated rings. The summed E-state index contributed by atoms with van der Waals surface area (Å²) >= 11 is 0. The molecular formula is C32H50N4O6. The van der Waals surface area contributed by atoms with Crippen LogP contribution in [0.4, 0.5) is 4.79 Å². The molecule has 234 valence electrons. The largest absolute Gasteiger partial charge is 0.444 e. The van der Waals surface area contributed by atoms with Gasteiger partial charge in [0.2, 0.25) is 17.6 Å². The van der Waals surface area contributed by atoms with Crippen LogP contribution in [0.15, 0.2) is 25.3 Å². The summed E-state index contributed by atoms with van der Waals surface area (Å²) in [6.07, 6.45) is 8.75. The van der Waals surface area contributed by atoms with E-state index in [0.717, 1.165) is 38.5 Å². The number of fused-ring (bicyclic) bond motifs is 1. The van der Waals surface area contributed by atoms with Crippen molar-refractivity contribution < 1.29 is 28.7 Å². The molecule has 0 spiro atoms. The zero-order chi connectivity index (χ0) is 31.2. The van der Waals surface area contributed by atoms with Crippen molar-refractivity contribution in [2.75, 3.05) is 13.1 Å². The second kappa shape index (κ2) is 13.9. The molecule has 0 bridgehead atoms. The molecule has 3 N–H and O–H groups in total. The number of likely N-dealkylation sites (tertiary alicyclic amines) is 1. The van der Waals surface area contributed by atoms with Gasteiger partial charge in [-0.05, 0) is 69.6 Å². The molecule has 1 unspecified atom stereocenters. The minimum atomic E-state index is -1.06. The summed E-state index contributed by atoms with van der Waals surface area (Å²) in [5.41, 5.74) is -0.884. The molecule has 0 radical (unpaired) electrons. The summed E-state index contributed by atoms with van der Waals surface area (Å²) in [6, 6.07) is -2.70. The third kappa shape index (κ3) is 8.01. The third-order valence-corrected chi connectivity index (χ3v) is 8.99. The van der Waals surface area contributed by atoms with Crippen LogP contribution < -0.4 is 16.0 Å². The number of Topliss-reactive ketones (excluding diaryl/α,β-unsaturated/α-hetero) is 1. The van der Waals surface area contributed by atoms with E-state index in [1.807, 2.05) is 0 Å². The predicted molar refractivity (Wildman–Crippen MR) is 160 cm³/mol. The maximum atomic E-state index is 14.3. The number of ether oxygens (including phenoxy) is 1. The zero-order valence-electron chi connectivity index (χ0n) is 26.0. The Labute approximate surface area is 250 Å². The normalized spacial score (nSPS) is 24.7. The highest BCUT2D eigenvalue weighted by Gasteiger charge is 2.69. The first kappa shape index (κ1) is 33.3. The average Bonchev–Trinajstić information content (AvgIpc) is 3.33. The second-order valence-corrected chi connectivity index (χ2v) is 13.6. The van der Waals surface area contributed by atoms with Crippen LogP contribution in [0.5, 0.6) is 0 Å². The summed E-state index contributed by atoms with van der Waals surface area (Å²) in [5, 5.41) is 8.15. The molecule has 1 aliphatic heterocycles. The van der Waals surface area contributed by atoms with Crippen molar-refractivity contribution in [1.29, 1.82) is 0 Å². The smallest absolute Gasteiger partial charge is 0.408 e. The van der Waals surface area contributed by atoms with Gasteiger partial charge in [0, 0.05) is 13.1 Å². The highest BCUT2D eigenvalue weighted by molar-refractivity contribution is 6.38. The van der Waals surface area contributed by atoms with Gasteiger partial charge in [-0.2, -0.15) is 0 Å². The number of carbonyl (C=O) groups is 5. The Morgan fingerprint density at radius 2 is 1.64 bits per heavy atom. The Balaban J connectivity index is 1.86. The molecule has 3 rings (SSSR count). The van der Waals surface area contributed by atoms with Crippen molar-refractivity contribution in [3.63, 3.8) is 0 Å². The molecule has 0 aromatic heterocycles. The molecular weight excluding hydrogens is 536 g/mol. The van der Waals surface area contributed by atoms with Crippen LogP contribution in [0.2, 0.25) is 0 Å². The maximum absolute atomic E-state index is 14.3. The molecule has 10 nitrogen and oxygen atoms in total. The van der Waals surface area contributed by atoms with E-state index in [-0.39, 0.29) is 42.0 Å². The first-order valence-corrected chi connectivity index (χ1v) is 15.4. The van der Waals surface area contributed by atoms with E-state index in [0.29, 0.717) is 13.0 Å². The number of nitrogens with zero attached hydrogens (tertiary/aromatic N) is 1. The Kier molecular flexibility index (Phi) is 11.0. The molecule has 0 aromatic carbocycles. The van der Waals surface area contributed by atoms with Crippen LogP contribution in [0.1, 0.15) is 86.0 Å². The molecule has 42 heavy (non-hydrogen) atoms. The van der Waals surface area contributed by atoms with E-state index in [9.17, 15) is 24.0 Å². The first-order valence-electron chi connectivity index (χ1n) is 15.4. The number of hydrogen-bond acceptors (Lipinski definition) is 6. The number of rotatable bonds is 12. The standard InChI is InChI=1S/C32H50N4O6/c1-8-10-17-22(26(37)28(39)33-18-9-2)34-27(38)25-23-21(32(23,6)7)19-36(25)29(40)24(20-15-13-11-12-14-16-20)35-30(41)42-31(3,4)5/h8-9,20-25H,1-2,10-19H2,3-7H3,(H,33,39)(H,34,38)(H,35,41)/t21-,22-,23-,24?,25-/m0/s1. The molecule has 1 saturated heterocycles. The van der Waals surface area contributed by atoms with E-state index in [1.54, 1.807) is 31.7 Å². The van der Waals surface area contributed by atoms with Gasteiger partial charge in [0.25, 0.3) is 5.91 Å². The van der Waals surface area contributed by atoms with Crippen molar-refractivity contribution in [1.82, 2.24) is 20.9 Å². The van der Waals surface area contributed by atoms with Crippen molar-refractivity contribution in [3.05, 3.63) is 25.3 Å². The van der Waals surface area contributed by atoms with E-state index < -0.39 is 47.4 Å². The van der Waals surface area contributed by atoms with E-state index in [1.165, 1.54) is 6.08 Å². The van der Waals surface area contributed by atoms with Crippen LogP contribution in [0, 0.1) is 23.2 Å². The van der Waals surface area contributed by atoms with Crippen LogP contribution >= 0.6 is 0 Å². The Morgan fingerprint density at radius 1 is 1.00 bits per heavy atom. The molecule has 4 amide bonds. The van der Waals surface area contributed by atoms with Gasteiger partial charge in [0.1, 0.15) is 17.7 Å². The number of alkyl carbamates (subject to hydrolysis) is 1. The Morgan fingerprint density at radius 3 is 2.21 bits per heavy atom. The lowest BCUT2D eigenvalue weighted by Gasteiger charge is -2.36. The van der Waals surface area contributed by atoms with Crippen molar-refractivity contribution in [2.24, 2.45) is 23.2 Å². The lowest BCUT2D eigenvalue weighted by molar-refractivity contribution is -0.144. The molecule has 10 heteroatoms. The Hall–Kier alpha value is -3.17. The minimum Gasteiger partial charge on any atom is -0.444 e. The number of nitrogens with one attached hydrogen (secondary N) is 3. The fourth-order valence-corrected chi connectivity index (χ4v) is 6.67. The zero-order valence-corrected chi connectivity index (χ0v) is 26.0. The first-order chi connectivity index (χ1) is 19.7.